The fourth-order valence-corrected chi connectivity index (χ4v) is 4.27. The molecule has 0 radical (unpaired) electrons. The van der Waals surface area contributed by atoms with Gasteiger partial charge in [-0.25, -0.2) is 9.97 Å². The van der Waals surface area contributed by atoms with E-state index >= 15 is 0 Å². The number of fused-ring (bicyclic) bond motifs is 1. The third-order valence-corrected chi connectivity index (χ3v) is 6.80. The molecule has 0 saturated carbocycles. The van der Waals surface area contributed by atoms with Gasteiger partial charge in [0, 0.05) is 68.8 Å². The summed E-state index contributed by atoms with van der Waals surface area (Å²) in [6.45, 7) is 3.93. The van der Waals surface area contributed by atoms with Crippen LogP contribution in [0.3, 0.4) is 0 Å². The Bertz CT molecular complexity index is 1340. The maximum Gasteiger partial charge on any atom is 0.121 e. The summed E-state index contributed by atoms with van der Waals surface area (Å²) < 4.78 is 5.45. The second-order valence-corrected chi connectivity index (χ2v) is 10.3. The SMILES string of the molecule is COc1ccc2nc(-c3ccc(N(C)CCN(C)C)cc3)c(-c3ccc(N(C)CCN(C)C)cc3)nc2c1. The molecule has 0 atom stereocenters. The first-order chi connectivity index (χ1) is 18.2. The lowest BCUT2D eigenvalue weighted by molar-refractivity contribution is 0.415. The molecule has 0 spiro atoms. The second kappa shape index (κ2) is 12.2. The van der Waals surface area contributed by atoms with E-state index in [1.165, 1.54) is 11.4 Å². The van der Waals surface area contributed by atoms with Gasteiger partial charge < -0.3 is 24.3 Å². The number of likely N-dealkylation sites (N-methyl/N-ethyl adjacent to an activating group) is 4. The van der Waals surface area contributed by atoms with Gasteiger partial charge in [0.25, 0.3) is 0 Å². The van der Waals surface area contributed by atoms with Crippen molar-refractivity contribution in [2.24, 2.45) is 0 Å². The smallest absolute Gasteiger partial charge is 0.121 e. The number of ether oxygens (including phenoxy) is 1. The largest absolute Gasteiger partial charge is 0.497 e. The van der Waals surface area contributed by atoms with Crippen LogP contribution in [-0.2, 0) is 0 Å². The summed E-state index contributed by atoms with van der Waals surface area (Å²) >= 11 is 0. The molecule has 4 rings (SSSR count). The van der Waals surface area contributed by atoms with Crippen LogP contribution in [0.4, 0.5) is 11.4 Å². The first-order valence-corrected chi connectivity index (χ1v) is 13.0. The van der Waals surface area contributed by atoms with Crippen LogP contribution in [0.25, 0.3) is 33.5 Å². The number of hydrogen-bond acceptors (Lipinski definition) is 7. The van der Waals surface area contributed by atoms with Crippen LogP contribution in [0.1, 0.15) is 0 Å². The molecule has 200 valence electrons. The minimum Gasteiger partial charge on any atom is -0.497 e. The molecule has 0 aliphatic carbocycles. The monoisotopic (exact) mass is 512 g/mol. The van der Waals surface area contributed by atoms with Gasteiger partial charge in [0.15, 0.2) is 0 Å². The van der Waals surface area contributed by atoms with Crippen LogP contribution in [0.2, 0.25) is 0 Å². The molecule has 0 bridgehead atoms. The summed E-state index contributed by atoms with van der Waals surface area (Å²) in [5.74, 6) is 0.772. The lowest BCUT2D eigenvalue weighted by atomic mass is 10.0. The number of rotatable bonds is 11. The Hall–Kier alpha value is -3.68. The summed E-state index contributed by atoms with van der Waals surface area (Å²) in [6, 6.07) is 23.1. The van der Waals surface area contributed by atoms with E-state index in [2.05, 4.69) is 110 Å². The van der Waals surface area contributed by atoms with Crippen molar-refractivity contribution >= 4 is 22.4 Å². The van der Waals surface area contributed by atoms with Crippen LogP contribution in [0.5, 0.6) is 5.75 Å². The molecule has 0 fully saturated rings. The summed E-state index contributed by atoms with van der Waals surface area (Å²) in [7, 11) is 14.3. The van der Waals surface area contributed by atoms with E-state index in [1.54, 1.807) is 7.11 Å². The first-order valence-electron chi connectivity index (χ1n) is 13.0. The van der Waals surface area contributed by atoms with E-state index < -0.39 is 0 Å². The van der Waals surface area contributed by atoms with Crippen molar-refractivity contribution in [3.63, 3.8) is 0 Å². The van der Waals surface area contributed by atoms with Crippen LogP contribution >= 0.6 is 0 Å². The highest BCUT2D eigenvalue weighted by Gasteiger charge is 2.15. The zero-order valence-electron chi connectivity index (χ0n) is 23.8. The van der Waals surface area contributed by atoms with Crippen LogP contribution < -0.4 is 14.5 Å². The molecular formula is C31H40N6O. The molecule has 0 unspecified atom stereocenters. The van der Waals surface area contributed by atoms with Crippen molar-refractivity contribution < 1.29 is 4.74 Å². The van der Waals surface area contributed by atoms with E-state index in [0.29, 0.717) is 0 Å². The molecule has 1 aromatic heterocycles. The van der Waals surface area contributed by atoms with E-state index in [-0.39, 0.29) is 0 Å². The molecule has 0 aliphatic heterocycles. The Morgan fingerprint density at radius 2 is 1.00 bits per heavy atom. The topological polar surface area (TPSA) is 48.0 Å². The summed E-state index contributed by atoms with van der Waals surface area (Å²) in [6.07, 6.45) is 0. The van der Waals surface area contributed by atoms with Gasteiger partial charge in [-0.2, -0.15) is 0 Å². The molecule has 38 heavy (non-hydrogen) atoms. The fourth-order valence-electron chi connectivity index (χ4n) is 4.27. The molecule has 0 aliphatic rings. The Morgan fingerprint density at radius 1 is 0.553 bits per heavy atom. The standard InChI is InChI=1S/C31H40N6O/c1-34(2)18-20-36(5)25-12-8-23(9-13-25)30-31(33-29-22-27(38-7)16-17-28(29)32-30)24-10-14-26(15-11-24)37(6)21-19-35(3)4/h8-17,22H,18-21H2,1-7H3. The van der Waals surface area contributed by atoms with Crippen molar-refractivity contribution in [2.45, 2.75) is 0 Å². The van der Waals surface area contributed by atoms with Gasteiger partial charge in [0.2, 0.25) is 0 Å². The van der Waals surface area contributed by atoms with Crippen molar-refractivity contribution in [3.8, 4) is 28.3 Å². The number of nitrogens with zero attached hydrogens (tertiary/aromatic N) is 6. The van der Waals surface area contributed by atoms with Crippen LogP contribution in [0, 0.1) is 0 Å². The van der Waals surface area contributed by atoms with Gasteiger partial charge in [0.05, 0.1) is 29.5 Å². The number of anilines is 2. The van der Waals surface area contributed by atoms with Gasteiger partial charge >= 0.3 is 0 Å². The van der Waals surface area contributed by atoms with Crippen LogP contribution in [-0.4, -0.2) is 95.3 Å². The molecule has 0 amide bonds. The molecular weight excluding hydrogens is 472 g/mol. The van der Waals surface area contributed by atoms with E-state index in [4.69, 9.17) is 14.7 Å². The maximum atomic E-state index is 5.45. The number of methoxy groups -OCH3 is 1. The maximum absolute atomic E-state index is 5.45. The third-order valence-electron chi connectivity index (χ3n) is 6.80. The summed E-state index contributed by atoms with van der Waals surface area (Å²) in [5, 5.41) is 0. The Morgan fingerprint density at radius 3 is 1.42 bits per heavy atom. The second-order valence-electron chi connectivity index (χ2n) is 10.3. The zero-order chi connectivity index (χ0) is 27.2. The highest BCUT2D eigenvalue weighted by Crippen LogP contribution is 2.33. The van der Waals surface area contributed by atoms with Gasteiger partial charge in [-0.3, -0.25) is 0 Å². The highest BCUT2D eigenvalue weighted by atomic mass is 16.5. The predicted molar refractivity (Wildman–Crippen MR) is 161 cm³/mol. The van der Waals surface area contributed by atoms with Crippen LogP contribution in [0.15, 0.2) is 66.7 Å². The van der Waals surface area contributed by atoms with Crippen molar-refractivity contribution in [1.82, 2.24) is 19.8 Å². The molecule has 4 aromatic rings. The lowest BCUT2D eigenvalue weighted by Crippen LogP contribution is -2.28. The average Bonchev–Trinajstić information content (AvgIpc) is 2.93. The van der Waals surface area contributed by atoms with E-state index in [0.717, 1.165) is 65.5 Å². The Kier molecular flexibility index (Phi) is 8.81. The lowest BCUT2D eigenvalue weighted by Gasteiger charge is -2.22. The number of benzene rings is 3. The third kappa shape index (κ3) is 6.60. The average molecular weight is 513 g/mol. The number of hydrogen-bond donors (Lipinski definition) is 0. The Balaban J connectivity index is 1.71. The normalized spacial score (nSPS) is 11.4. The summed E-state index contributed by atoms with van der Waals surface area (Å²) in [5.41, 5.74) is 7.84. The molecule has 7 nitrogen and oxygen atoms in total. The minimum absolute atomic E-state index is 0.772. The van der Waals surface area contributed by atoms with E-state index in [9.17, 15) is 0 Å². The molecule has 7 heteroatoms. The number of aromatic nitrogens is 2. The predicted octanol–water partition coefficient (Wildman–Crippen LogP) is 4.97. The van der Waals surface area contributed by atoms with Gasteiger partial charge in [-0.15, -0.1) is 0 Å². The molecule has 1 heterocycles. The van der Waals surface area contributed by atoms with Gasteiger partial charge in [-0.1, -0.05) is 24.3 Å². The van der Waals surface area contributed by atoms with E-state index in [1.807, 2.05) is 18.2 Å². The van der Waals surface area contributed by atoms with Gasteiger partial charge in [0.1, 0.15) is 5.75 Å². The minimum atomic E-state index is 0.772. The van der Waals surface area contributed by atoms with Crippen molar-refractivity contribution in [3.05, 3.63) is 66.7 Å². The zero-order valence-corrected chi connectivity index (χ0v) is 23.8. The quantitative estimate of drug-likeness (QED) is 0.281. The Labute approximate surface area is 227 Å². The molecule has 0 N–H and O–H groups in total. The van der Waals surface area contributed by atoms with Crippen molar-refractivity contribution in [1.29, 1.82) is 0 Å². The van der Waals surface area contributed by atoms with Crippen molar-refractivity contribution in [2.75, 3.05) is 85.4 Å². The summed E-state index contributed by atoms with van der Waals surface area (Å²) in [4.78, 5) is 19.1. The van der Waals surface area contributed by atoms with Gasteiger partial charge in [-0.05, 0) is 64.6 Å². The fraction of sp³-hybridized carbons (Fsp3) is 0.355. The molecule has 3 aromatic carbocycles. The highest BCUT2D eigenvalue weighted by molar-refractivity contribution is 5.87. The first kappa shape index (κ1) is 27.4. The molecule has 0 saturated heterocycles.